The average molecular weight is 422 g/mol. The summed E-state index contributed by atoms with van der Waals surface area (Å²) in [6.07, 6.45) is 3.11. The third-order valence-electron chi connectivity index (χ3n) is 5.33. The largest absolute Gasteiger partial charge is 0.481 e. The number of halogens is 1. The highest BCUT2D eigenvalue weighted by Crippen LogP contribution is 2.28. The highest BCUT2D eigenvalue weighted by molar-refractivity contribution is 7.89. The average Bonchev–Trinajstić information content (AvgIpc) is 2.65. The Morgan fingerprint density at radius 2 is 1.96 bits per heavy atom. The number of carboxylic acid groups (broad SMARTS) is 1. The van der Waals surface area contributed by atoms with Crippen molar-refractivity contribution in [1.82, 2.24) is 4.72 Å². The van der Waals surface area contributed by atoms with E-state index < -0.39 is 21.9 Å². The highest BCUT2D eigenvalue weighted by Gasteiger charge is 2.26. The van der Waals surface area contributed by atoms with Gasteiger partial charge in [-0.05, 0) is 73.1 Å². The summed E-state index contributed by atoms with van der Waals surface area (Å²) in [6, 6.07) is 11.8. The van der Waals surface area contributed by atoms with Gasteiger partial charge in [0.15, 0.2) is 0 Å². The number of rotatable bonds is 7. The first kappa shape index (κ1) is 20.8. The Kier molecular flexibility index (Phi) is 6.43. The molecule has 0 fully saturated rings. The first-order valence-corrected chi connectivity index (χ1v) is 11.3. The number of benzene rings is 2. The van der Waals surface area contributed by atoms with Crippen molar-refractivity contribution in [3.63, 3.8) is 0 Å². The quantitative estimate of drug-likeness (QED) is 0.711. The van der Waals surface area contributed by atoms with E-state index in [1.807, 2.05) is 25.1 Å². The molecule has 2 aromatic carbocycles. The number of fused-ring (bicyclic) bond motifs is 1. The lowest BCUT2D eigenvalue weighted by molar-refractivity contribution is -0.141. The van der Waals surface area contributed by atoms with Gasteiger partial charge in [0.05, 0.1) is 10.8 Å². The second-order valence-corrected chi connectivity index (χ2v) is 9.37. The third kappa shape index (κ3) is 4.74. The molecule has 7 heteroatoms. The number of hydrogen-bond donors (Lipinski definition) is 2. The van der Waals surface area contributed by atoms with Gasteiger partial charge in [0.2, 0.25) is 10.0 Å². The predicted octanol–water partition coefficient (Wildman–Crippen LogP) is 3.83. The Bertz CT molecular complexity index is 957. The minimum absolute atomic E-state index is 0.190. The number of aliphatic carboxylic acids is 1. The van der Waals surface area contributed by atoms with Crippen molar-refractivity contribution in [3.8, 4) is 0 Å². The van der Waals surface area contributed by atoms with Crippen molar-refractivity contribution in [2.45, 2.75) is 50.0 Å². The highest BCUT2D eigenvalue weighted by atomic mass is 35.5. The third-order valence-corrected chi connectivity index (χ3v) is 7.12. The molecule has 2 atom stereocenters. The van der Waals surface area contributed by atoms with Crippen LogP contribution in [0.3, 0.4) is 0 Å². The van der Waals surface area contributed by atoms with Gasteiger partial charge in [0.25, 0.3) is 0 Å². The van der Waals surface area contributed by atoms with Crippen molar-refractivity contribution in [2.75, 3.05) is 0 Å². The number of hydrogen-bond acceptors (Lipinski definition) is 3. The second-order valence-electron chi connectivity index (χ2n) is 7.22. The first-order valence-electron chi connectivity index (χ1n) is 9.40. The zero-order chi connectivity index (χ0) is 20.3. The van der Waals surface area contributed by atoms with Gasteiger partial charge in [-0.3, -0.25) is 4.79 Å². The van der Waals surface area contributed by atoms with E-state index in [9.17, 15) is 18.3 Å². The van der Waals surface area contributed by atoms with Crippen LogP contribution >= 0.6 is 11.6 Å². The lowest BCUT2D eigenvalue weighted by atomic mass is 9.83. The van der Waals surface area contributed by atoms with Crippen molar-refractivity contribution in [1.29, 1.82) is 0 Å². The zero-order valence-electron chi connectivity index (χ0n) is 15.7. The fourth-order valence-electron chi connectivity index (χ4n) is 3.75. The second kappa shape index (κ2) is 8.64. The molecule has 2 aromatic rings. The van der Waals surface area contributed by atoms with E-state index in [2.05, 4.69) is 4.72 Å². The SMILES string of the molecule is CCC(Cc1cccc2c1CCC(NS(=O)(=O)c1ccc(Cl)cc1)C2)C(=O)O. The Hall–Kier alpha value is -1.89. The number of carbonyl (C=O) groups is 1. The van der Waals surface area contributed by atoms with Gasteiger partial charge in [-0.15, -0.1) is 0 Å². The molecule has 0 saturated carbocycles. The molecule has 2 unspecified atom stereocenters. The van der Waals surface area contributed by atoms with Crippen LogP contribution in [-0.4, -0.2) is 25.5 Å². The van der Waals surface area contributed by atoms with Crippen LogP contribution in [0.2, 0.25) is 5.02 Å². The molecule has 0 aliphatic heterocycles. The van der Waals surface area contributed by atoms with Crippen molar-refractivity contribution < 1.29 is 18.3 Å². The first-order chi connectivity index (χ1) is 13.3. The van der Waals surface area contributed by atoms with Crippen LogP contribution in [0.25, 0.3) is 0 Å². The standard InChI is InChI=1S/C21H24ClNO4S/c1-2-14(21(24)25)12-15-4-3-5-16-13-18(8-11-20(15)16)23-28(26,27)19-9-6-17(22)7-10-19/h3-7,9-10,14,18,23H,2,8,11-13H2,1H3,(H,24,25). The molecule has 3 rings (SSSR count). The minimum atomic E-state index is -3.61. The van der Waals surface area contributed by atoms with Crippen LogP contribution in [0.1, 0.15) is 36.5 Å². The molecule has 0 saturated heterocycles. The predicted molar refractivity (Wildman–Crippen MR) is 109 cm³/mol. The van der Waals surface area contributed by atoms with E-state index >= 15 is 0 Å². The van der Waals surface area contributed by atoms with Crippen LogP contribution < -0.4 is 4.72 Å². The van der Waals surface area contributed by atoms with Crippen LogP contribution in [0, 0.1) is 5.92 Å². The Balaban J connectivity index is 1.75. The van der Waals surface area contributed by atoms with E-state index in [-0.39, 0.29) is 10.9 Å². The van der Waals surface area contributed by atoms with Crippen LogP contribution in [0.15, 0.2) is 47.4 Å². The molecule has 0 heterocycles. The monoisotopic (exact) mass is 421 g/mol. The molecule has 2 N–H and O–H groups in total. The maximum absolute atomic E-state index is 12.6. The maximum atomic E-state index is 12.6. The molecule has 0 radical (unpaired) electrons. The van der Waals surface area contributed by atoms with Gasteiger partial charge < -0.3 is 5.11 Å². The molecule has 0 amide bonds. The van der Waals surface area contributed by atoms with Crippen LogP contribution in [0.4, 0.5) is 0 Å². The van der Waals surface area contributed by atoms with Gasteiger partial charge in [0.1, 0.15) is 0 Å². The van der Waals surface area contributed by atoms with E-state index in [1.165, 1.54) is 17.7 Å². The number of sulfonamides is 1. The molecule has 28 heavy (non-hydrogen) atoms. The number of nitrogens with one attached hydrogen (secondary N) is 1. The Morgan fingerprint density at radius 3 is 2.61 bits per heavy atom. The molecule has 0 aromatic heterocycles. The summed E-state index contributed by atoms with van der Waals surface area (Å²) >= 11 is 5.84. The Labute approximate surface area is 170 Å². The van der Waals surface area contributed by atoms with E-state index in [0.717, 1.165) is 17.5 Å². The lowest BCUT2D eigenvalue weighted by Gasteiger charge is -2.27. The Morgan fingerprint density at radius 1 is 1.25 bits per heavy atom. The normalized spacial score (nSPS) is 17.7. The summed E-state index contributed by atoms with van der Waals surface area (Å²) in [5, 5.41) is 9.84. The zero-order valence-corrected chi connectivity index (χ0v) is 17.3. The summed E-state index contributed by atoms with van der Waals surface area (Å²) in [5.74, 6) is -1.17. The van der Waals surface area contributed by atoms with Crippen molar-refractivity contribution in [2.24, 2.45) is 5.92 Å². The molecule has 0 bridgehead atoms. The fraction of sp³-hybridized carbons (Fsp3) is 0.381. The van der Waals surface area contributed by atoms with Gasteiger partial charge in [-0.1, -0.05) is 36.7 Å². The van der Waals surface area contributed by atoms with E-state index in [0.29, 0.717) is 30.7 Å². The molecule has 5 nitrogen and oxygen atoms in total. The van der Waals surface area contributed by atoms with Crippen molar-refractivity contribution in [3.05, 3.63) is 64.2 Å². The topological polar surface area (TPSA) is 83.5 Å². The summed E-state index contributed by atoms with van der Waals surface area (Å²) in [6.45, 7) is 1.88. The fourth-order valence-corrected chi connectivity index (χ4v) is 5.15. The van der Waals surface area contributed by atoms with Gasteiger partial charge in [-0.2, -0.15) is 0 Å². The summed E-state index contributed by atoms with van der Waals surface area (Å²) < 4.78 is 28.1. The molecular weight excluding hydrogens is 398 g/mol. The molecule has 1 aliphatic carbocycles. The van der Waals surface area contributed by atoms with E-state index in [1.54, 1.807) is 12.1 Å². The van der Waals surface area contributed by atoms with Gasteiger partial charge in [0, 0.05) is 11.1 Å². The summed E-state index contributed by atoms with van der Waals surface area (Å²) in [7, 11) is -3.61. The smallest absolute Gasteiger partial charge is 0.306 e. The van der Waals surface area contributed by atoms with Crippen molar-refractivity contribution >= 4 is 27.6 Å². The molecule has 1 aliphatic rings. The molecular formula is C21H24ClNO4S. The summed E-state index contributed by atoms with van der Waals surface area (Å²) in [4.78, 5) is 11.6. The number of carboxylic acids is 1. The summed E-state index contributed by atoms with van der Waals surface area (Å²) in [5.41, 5.74) is 3.32. The maximum Gasteiger partial charge on any atom is 0.306 e. The van der Waals surface area contributed by atoms with Gasteiger partial charge in [-0.25, -0.2) is 13.1 Å². The van der Waals surface area contributed by atoms with Crippen LogP contribution in [-0.2, 0) is 34.1 Å². The minimum Gasteiger partial charge on any atom is -0.481 e. The van der Waals surface area contributed by atoms with Gasteiger partial charge >= 0.3 is 5.97 Å². The molecule has 150 valence electrons. The van der Waals surface area contributed by atoms with Crippen LogP contribution in [0.5, 0.6) is 0 Å². The van der Waals surface area contributed by atoms with E-state index in [4.69, 9.17) is 11.6 Å². The lowest BCUT2D eigenvalue weighted by Crippen LogP contribution is -2.39. The molecule has 0 spiro atoms.